The van der Waals surface area contributed by atoms with Crippen LogP contribution in [0.2, 0.25) is 0 Å². The van der Waals surface area contributed by atoms with Crippen LogP contribution in [0.4, 0.5) is 5.69 Å². The van der Waals surface area contributed by atoms with Crippen molar-refractivity contribution in [1.29, 1.82) is 0 Å². The molecule has 1 fully saturated rings. The van der Waals surface area contributed by atoms with Crippen molar-refractivity contribution in [2.45, 2.75) is 45.1 Å². The van der Waals surface area contributed by atoms with E-state index in [2.05, 4.69) is 10.3 Å². The SMILES string of the molecule is CC1=NC(C)=C(C(=O)OCCOc2ccc(OCCNCC(O)COc3ccc(CCOCC4CC4)cc3)cc2)C(c2cccc([N+](=O)[O-])c2)C1C(=O)O. The van der Waals surface area contributed by atoms with E-state index in [0.717, 1.165) is 25.6 Å². The van der Waals surface area contributed by atoms with Gasteiger partial charge in [-0.3, -0.25) is 19.9 Å². The summed E-state index contributed by atoms with van der Waals surface area (Å²) in [5.74, 6) is -1.63. The number of nitro benzene ring substituents is 1. The van der Waals surface area contributed by atoms with Crippen molar-refractivity contribution in [3.63, 3.8) is 0 Å². The van der Waals surface area contributed by atoms with Crippen LogP contribution in [0.1, 0.15) is 43.7 Å². The molecule has 5 rings (SSSR count). The molecule has 0 amide bonds. The number of aliphatic imine (C=N–C) groups is 1. The maximum Gasteiger partial charge on any atom is 0.336 e. The number of aliphatic carboxylic acids is 1. The Morgan fingerprint density at radius 1 is 0.926 bits per heavy atom. The molecular weight excluding hydrogens is 698 g/mol. The van der Waals surface area contributed by atoms with E-state index in [1.54, 1.807) is 44.2 Å². The topological polar surface area (TPSA) is 188 Å². The van der Waals surface area contributed by atoms with E-state index < -0.39 is 34.8 Å². The highest BCUT2D eigenvalue weighted by atomic mass is 16.6. The normalized spacial score (nSPS) is 17.4. The van der Waals surface area contributed by atoms with Gasteiger partial charge in [-0.1, -0.05) is 24.3 Å². The average Bonchev–Trinajstić information content (AvgIpc) is 3.99. The van der Waals surface area contributed by atoms with Gasteiger partial charge in [-0.15, -0.1) is 0 Å². The molecule has 1 aliphatic heterocycles. The van der Waals surface area contributed by atoms with Gasteiger partial charge in [0.25, 0.3) is 5.69 Å². The number of esters is 1. The van der Waals surface area contributed by atoms with E-state index in [9.17, 15) is 29.9 Å². The molecule has 14 nitrogen and oxygen atoms in total. The summed E-state index contributed by atoms with van der Waals surface area (Å²) in [6.45, 7) is 5.97. The molecule has 0 aromatic heterocycles. The molecule has 0 bridgehead atoms. The first-order valence-corrected chi connectivity index (χ1v) is 18.0. The van der Waals surface area contributed by atoms with E-state index in [0.29, 0.717) is 42.5 Å². The van der Waals surface area contributed by atoms with Gasteiger partial charge >= 0.3 is 11.9 Å². The summed E-state index contributed by atoms with van der Waals surface area (Å²) < 4.78 is 28.4. The van der Waals surface area contributed by atoms with Crippen LogP contribution in [0.25, 0.3) is 0 Å². The molecule has 0 saturated heterocycles. The number of carbonyl (C=O) groups excluding carboxylic acids is 1. The molecule has 54 heavy (non-hydrogen) atoms. The molecule has 0 radical (unpaired) electrons. The Bertz CT molecular complexity index is 1790. The van der Waals surface area contributed by atoms with Gasteiger partial charge in [-0.2, -0.15) is 0 Å². The lowest BCUT2D eigenvalue weighted by Crippen LogP contribution is -2.35. The number of carboxylic acid groups (broad SMARTS) is 1. The Morgan fingerprint density at radius 2 is 1.59 bits per heavy atom. The van der Waals surface area contributed by atoms with Crippen molar-refractivity contribution < 1.29 is 48.4 Å². The number of rotatable bonds is 22. The van der Waals surface area contributed by atoms with E-state index in [1.807, 2.05) is 24.3 Å². The lowest BCUT2D eigenvalue weighted by molar-refractivity contribution is -0.384. The Hall–Kier alpha value is -5.31. The molecule has 1 saturated carbocycles. The van der Waals surface area contributed by atoms with Crippen molar-refractivity contribution in [3.05, 3.63) is 105 Å². The molecule has 3 N–H and O–H groups in total. The number of carbonyl (C=O) groups is 2. The first kappa shape index (κ1) is 39.9. The predicted molar refractivity (Wildman–Crippen MR) is 199 cm³/mol. The first-order chi connectivity index (χ1) is 26.1. The van der Waals surface area contributed by atoms with Gasteiger partial charge in [0, 0.05) is 49.2 Å². The Labute approximate surface area is 313 Å². The van der Waals surface area contributed by atoms with Gasteiger partial charge in [-0.25, -0.2) is 4.79 Å². The van der Waals surface area contributed by atoms with Gasteiger partial charge in [0.15, 0.2) is 0 Å². The molecule has 0 spiro atoms. The van der Waals surface area contributed by atoms with Crippen LogP contribution < -0.4 is 19.5 Å². The zero-order valence-corrected chi connectivity index (χ0v) is 30.5. The number of benzene rings is 3. The number of aliphatic hydroxyl groups excluding tert-OH is 1. The lowest BCUT2D eigenvalue weighted by atomic mass is 9.75. The second-order valence-corrected chi connectivity index (χ2v) is 13.3. The van der Waals surface area contributed by atoms with Crippen molar-refractivity contribution >= 4 is 23.3 Å². The minimum absolute atomic E-state index is 0.0153. The van der Waals surface area contributed by atoms with Crippen LogP contribution in [-0.4, -0.2) is 91.6 Å². The summed E-state index contributed by atoms with van der Waals surface area (Å²) in [7, 11) is 0. The number of nitro groups is 1. The molecule has 3 aromatic rings. The van der Waals surface area contributed by atoms with Gasteiger partial charge in [0.2, 0.25) is 0 Å². The minimum Gasteiger partial charge on any atom is -0.492 e. The fourth-order valence-corrected chi connectivity index (χ4v) is 6.06. The van der Waals surface area contributed by atoms with E-state index in [-0.39, 0.29) is 42.5 Å². The largest absolute Gasteiger partial charge is 0.492 e. The number of nitrogens with one attached hydrogen (secondary N) is 1. The fourth-order valence-electron chi connectivity index (χ4n) is 6.06. The summed E-state index contributed by atoms with van der Waals surface area (Å²) in [5, 5.41) is 34.9. The van der Waals surface area contributed by atoms with Crippen molar-refractivity contribution in [1.82, 2.24) is 5.32 Å². The Balaban J connectivity index is 0.981. The fraction of sp³-hybridized carbons (Fsp3) is 0.425. The number of ether oxygens (including phenoxy) is 5. The summed E-state index contributed by atoms with van der Waals surface area (Å²) in [6.07, 6.45) is 2.76. The average molecular weight is 746 g/mol. The number of aliphatic hydroxyl groups is 1. The van der Waals surface area contributed by atoms with Gasteiger partial charge in [0.05, 0.1) is 17.1 Å². The number of hydrogen-bond acceptors (Lipinski definition) is 12. The number of allylic oxidation sites excluding steroid dienone is 1. The maximum absolute atomic E-state index is 13.3. The van der Waals surface area contributed by atoms with Crippen molar-refractivity contribution in [2.75, 3.05) is 52.7 Å². The second-order valence-electron chi connectivity index (χ2n) is 13.3. The molecule has 288 valence electrons. The Morgan fingerprint density at radius 3 is 2.26 bits per heavy atom. The van der Waals surface area contributed by atoms with Crippen LogP contribution in [0.3, 0.4) is 0 Å². The van der Waals surface area contributed by atoms with E-state index >= 15 is 0 Å². The molecule has 3 aromatic carbocycles. The Kier molecular flexibility index (Phi) is 14.5. The molecule has 14 heteroatoms. The van der Waals surface area contributed by atoms with Crippen LogP contribution in [0.5, 0.6) is 17.2 Å². The van der Waals surface area contributed by atoms with E-state index in [4.69, 9.17) is 23.7 Å². The molecule has 3 atom stereocenters. The van der Waals surface area contributed by atoms with Gasteiger partial charge < -0.3 is 39.2 Å². The highest BCUT2D eigenvalue weighted by molar-refractivity contribution is 6.06. The zero-order valence-electron chi connectivity index (χ0n) is 30.5. The number of carboxylic acids is 1. The monoisotopic (exact) mass is 745 g/mol. The first-order valence-electron chi connectivity index (χ1n) is 18.0. The van der Waals surface area contributed by atoms with Crippen LogP contribution in [0.15, 0.2) is 89.1 Å². The molecule has 3 unspecified atom stereocenters. The van der Waals surface area contributed by atoms with Crippen LogP contribution >= 0.6 is 0 Å². The third-order valence-electron chi connectivity index (χ3n) is 9.04. The van der Waals surface area contributed by atoms with Gasteiger partial charge in [0.1, 0.15) is 55.7 Å². The summed E-state index contributed by atoms with van der Waals surface area (Å²) >= 11 is 0. The number of nitrogens with zero attached hydrogens (tertiary/aromatic N) is 2. The standard InChI is InChI=1S/C40H47N3O11/c1-26-36(39(45)46)38(30-4-3-5-31(22-30)43(48)49)37(27(2)42-26)40(47)53-21-20-52-34-14-12-33(13-15-34)51-19-17-41-23-32(44)25-54-35-10-8-28(9-11-35)16-18-50-24-29-6-7-29/h3-5,8-15,22,29,32,36,38,41,44H,6-7,16-21,23-25H2,1-2H3,(H,45,46). The number of hydrogen-bond donors (Lipinski definition) is 3. The van der Waals surface area contributed by atoms with Crippen molar-refractivity contribution in [3.8, 4) is 17.2 Å². The highest BCUT2D eigenvalue weighted by Gasteiger charge is 2.42. The lowest BCUT2D eigenvalue weighted by Gasteiger charge is -2.30. The maximum atomic E-state index is 13.3. The predicted octanol–water partition coefficient (Wildman–Crippen LogP) is 5.13. The minimum atomic E-state index is -1.21. The third kappa shape index (κ3) is 11.9. The van der Waals surface area contributed by atoms with Crippen molar-refractivity contribution in [2.24, 2.45) is 16.8 Å². The second kappa shape index (κ2) is 19.7. The van der Waals surface area contributed by atoms with Crippen LogP contribution in [0, 0.1) is 22.0 Å². The molecule has 1 heterocycles. The van der Waals surface area contributed by atoms with Gasteiger partial charge in [-0.05, 0) is 86.6 Å². The van der Waals surface area contributed by atoms with Crippen LogP contribution in [-0.2, 0) is 25.5 Å². The zero-order chi connectivity index (χ0) is 38.5. The summed E-state index contributed by atoms with van der Waals surface area (Å²) in [6, 6.07) is 20.3. The molecule has 2 aliphatic rings. The highest BCUT2D eigenvalue weighted by Crippen LogP contribution is 2.40. The molecule has 1 aliphatic carbocycles. The quantitative estimate of drug-likeness (QED) is 0.0534. The smallest absolute Gasteiger partial charge is 0.336 e. The van der Waals surface area contributed by atoms with E-state index in [1.165, 1.54) is 36.6 Å². The summed E-state index contributed by atoms with van der Waals surface area (Å²) in [4.78, 5) is 40.7. The summed E-state index contributed by atoms with van der Waals surface area (Å²) in [5.41, 5.74) is 1.84. The third-order valence-corrected chi connectivity index (χ3v) is 9.04. The molecular formula is C40H47N3O11. The number of non-ortho nitro benzene ring substituents is 1.